The maximum absolute atomic E-state index is 3.20. The summed E-state index contributed by atoms with van der Waals surface area (Å²) in [4.78, 5) is 0. The van der Waals surface area contributed by atoms with E-state index in [1.165, 1.54) is 0 Å². The zero-order chi connectivity index (χ0) is 5.54. The van der Waals surface area contributed by atoms with Crippen LogP contribution in [-0.4, -0.2) is 29.2 Å². The van der Waals surface area contributed by atoms with Gasteiger partial charge in [0, 0.05) is 0 Å². The van der Waals surface area contributed by atoms with Crippen LogP contribution < -0.4 is 9.30 Å². The predicted molar refractivity (Wildman–Crippen MR) is 35.3 cm³/mol. The molecule has 6 radical (unpaired) electrons. The van der Waals surface area contributed by atoms with Crippen LogP contribution in [0.2, 0.25) is 13.1 Å². The van der Waals surface area contributed by atoms with Crippen molar-refractivity contribution in [3.63, 3.8) is 0 Å². The molecule has 2 N–H and O–H groups in total. The standard InChI is InChI=1S/C2H8N2Si3/c1-5-3-7-4-6-2/h3-4H,1-2H3. The van der Waals surface area contributed by atoms with Gasteiger partial charge in [0.25, 0.3) is 0 Å². The third-order valence-corrected chi connectivity index (χ3v) is 3.38. The quantitative estimate of drug-likeness (QED) is 0.392. The third kappa shape index (κ3) is 6.57. The minimum absolute atomic E-state index is 0.757. The molecule has 0 spiro atoms. The van der Waals surface area contributed by atoms with E-state index in [1.807, 2.05) is 0 Å². The van der Waals surface area contributed by atoms with Gasteiger partial charge in [-0.05, 0) is 0 Å². The first kappa shape index (κ1) is 7.57. The molecular formula is C2H8N2Si3. The highest BCUT2D eigenvalue weighted by Crippen LogP contribution is 1.43. The summed E-state index contributed by atoms with van der Waals surface area (Å²) in [5.74, 6) is 0. The van der Waals surface area contributed by atoms with Crippen molar-refractivity contribution in [2.45, 2.75) is 13.1 Å². The van der Waals surface area contributed by atoms with E-state index in [-0.39, 0.29) is 0 Å². The van der Waals surface area contributed by atoms with Crippen molar-refractivity contribution in [3.05, 3.63) is 0 Å². The zero-order valence-corrected chi connectivity index (χ0v) is 7.50. The average molecular weight is 144 g/mol. The molecule has 0 fully saturated rings. The van der Waals surface area contributed by atoms with Gasteiger partial charge in [-0.2, -0.15) is 0 Å². The van der Waals surface area contributed by atoms with Crippen molar-refractivity contribution >= 4 is 29.2 Å². The van der Waals surface area contributed by atoms with E-state index in [4.69, 9.17) is 0 Å². The lowest BCUT2D eigenvalue weighted by atomic mass is 11.9. The Balaban J connectivity index is 2.45. The fourth-order valence-electron chi connectivity index (χ4n) is 0.156. The fraction of sp³-hybridized carbons (Fsp3) is 1.00. The second kappa shape index (κ2) is 6.57. The lowest BCUT2D eigenvalue weighted by molar-refractivity contribution is 1.43. The van der Waals surface area contributed by atoms with Crippen molar-refractivity contribution in [2.24, 2.45) is 0 Å². The Kier molecular flexibility index (Phi) is 7.11. The van der Waals surface area contributed by atoms with Gasteiger partial charge in [0.05, 0.1) is 0 Å². The van der Waals surface area contributed by atoms with E-state index in [1.54, 1.807) is 0 Å². The number of rotatable bonds is 4. The van der Waals surface area contributed by atoms with E-state index in [0.29, 0.717) is 0 Å². The molecule has 0 aliphatic heterocycles. The van der Waals surface area contributed by atoms with E-state index >= 15 is 0 Å². The monoisotopic (exact) mass is 144 g/mol. The lowest BCUT2D eigenvalue weighted by Crippen LogP contribution is -2.35. The molecular weight excluding hydrogens is 136 g/mol. The summed E-state index contributed by atoms with van der Waals surface area (Å²) in [7, 11) is 2.50. The van der Waals surface area contributed by atoms with Crippen molar-refractivity contribution < 1.29 is 0 Å². The van der Waals surface area contributed by atoms with Gasteiger partial charge >= 0.3 is 0 Å². The molecule has 5 heteroatoms. The van der Waals surface area contributed by atoms with Gasteiger partial charge in [0.2, 0.25) is 9.84 Å². The van der Waals surface area contributed by atoms with Gasteiger partial charge in [-0.25, -0.2) is 0 Å². The summed E-state index contributed by atoms with van der Waals surface area (Å²) in [6.45, 7) is 4.26. The van der Waals surface area contributed by atoms with Crippen LogP contribution in [0.15, 0.2) is 0 Å². The molecule has 0 aromatic heterocycles. The Labute approximate surface area is 52.2 Å². The summed E-state index contributed by atoms with van der Waals surface area (Å²) in [5.41, 5.74) is 0. The Morgan fingerprint density at radius 2 is 1.43 bits per heavy atom. The second-order valence-corrected chi connectivity index (χ2v) is 4.12. The second-order valence-electron chi connectivity index (χ2n) is 0.875. The van der Waals surface area contributed by atoms with Gasteiger partial charge in [-0.3, -0.25) is 0 Å². The van der Waals surface area contributed by atoms with Crippen LogP contribution >= 0.6 is 0 Å². The van der Waals surface area contributed by atoms with Crippen LogP contribution in [0.4, 0.5) is 0 Å². The number of hydrogen-bond donors (Lipinski definition) is 2. The molecule has 0 amide bonds. The SMILES string of the molecule is C[Si]N[Si]N[Si]C. The van der Waals surface area contributed by atoms with Gasteiger partial charge < -0.3 is 9.30 Å². The zero-order valence-electron chi connectivity index (χ0n) is 4.50. The maximum Gasteiger partial charge on any atom is 0.229 e. The molecule has 0 bridgehead atoms. The van der Waals surface area contributed by atoms with Crippen LogP contribution in [0.1, 0.15) is 0 Å². The summed E-state index contributed by atoms with van der Waals surface area (Å²) in [6, 6.07) is 0. The molecule has 0 rings (SSSR count). The maximum atomic E-state index is 3.20. The summed E-state index contributed by atoms with van der Waals surface area (Å²) in [5, 5.41) is 0. The molecule has 0 aliphatic carbocycles. The summed E-state index contributed by atoms with van der Waals surface area (Å²) < 4.78 is 6.40. The number of hydrogen-bond acceptors (Lipinski definition) is 2. The lowest BCUT2D eigenvalue weighted by Gasteiger charge is -1.93. The first-order valence-corrected chi connectivity index (χ1v) is 6.00. The molecule has 0 aromatic carbocycles. The van der Waals surface area contributed by atoms with Crippen molar-refractivity contribution in [3.8, 4) is 0 Å². The Morgan fingerprint density at radius 1 is 1.00 bits per heavy atom. The van der Waals surface area contributed by atoms with Crippen LogP contribution in [0.25, 0.3) is 0 Å². The predicted octanol–water partition coefficient (Wildman–Crippen LogP) is -0.966. The van der Waals surface area contributed by atoms with E-state index in [0.717, 1.165) is 29.2 Å². The topological polar surface area (TPSA) is 24.1 Å². The molecule has 0 aliphatic rings. The first-order chi connectivity index (χ1) is 3.41. The fourth-order valence-corrected chi connectivity index (χ4v) is 1.97. The highest BCUT2D eigenvalue weighted by molar-refractivity contribution is 6.55. The van der Waals surface area contributed by atoms with E-state index in [2.05, 4.69) is 22.4 Å². The van der Waals surface area contributed by atoms with Crippen LogP contribution in [0.5, 0.6) is 0 Å². The van der Waals surface area contributed by atoms with Crippen molar-refractivity contribution in [1.82, 2.24) is 9.30 Å². The van der Waals surface area contributed by atoms with Crippen molar-refractivity contribution in [1.29, 1.82) is 0 Å². The van der Waals surface area contributed by atoms with E-state index in [9.17, 15) is 0 Å². The van der Waals surface area contributed by atoms with Crippen LogP contribution in [0.3, 0.4) is 0 Å². The molecule has 2 nitrogen and oxygen atoms in total. The third-order valence-electron chi connectivity index (χ3n) is 0.375. The number of nitrogens with one attached hydrogen (secondary N) is 2. The van der Waals surface area contributed by atoms with E-state index < -0.39 is 0 Å². The van der Waals surface area contributed by atoms with Gasteiger partial charge in [0.15, 0.2) is 0 Å². The van der Waals surface area contributed by atoms with Crippen LogP contribution in [-0.2, 0) is 0 Å². The highest BCUT2D eigenvalue weighted by Gasteiger charge is 1.81. The largest absolute Gasteiger partial charge is 0.350 e. The highest BCUT2D eigenvalue weighted by atomic mass is 28.3. The molecule has 0 saturated carbocycles. The molecule has 0 unspecified atom stereocenters. The minimum Gasteiger partial charge on any atom is -0.350 e. The van der Waals surface area contributed by atoms with Gasteiger partial charge in [-0.15, -0.1) is 0 Å². The Bertz CT molecular complexity index is 30.1. The Hall–Kier alpha value is 0.571. The summed E-state index contributed by atoms with van der Waals surface area (Å²) in [6.07, 6.45) is 0. The molecule has 7 heavy (non-hydrogen) atoms. The van der Waals surface area contributed by atoms with Gasteiger partial charge in [0.1, 0.15) is 19.4 Å². The molecule has 0 aromatic rings. The average Bonchev–Trinajstić information content (AvgIpc) is 1.69. The Morgan fingerprint density at radius 3 is 1.71 bits per heavy atom. The van der Waals surface area contributed by atoms with Crippen LogP contribution in [0, 0.1) is 0 Å². The van der Waals surface area contributed by atoms with Crippen molar-refractivity contribution in [2.75, 3.05) is 0 Å². The summed E-state index contributed by atoms with van der Waals surface area (Å²) >= 11 is 0. The normalized spacial score (nSPS) is 9.43. The molecule has 0 heterocycles. The minimum atomic E-state index is 0.757. The first-order valence-electron chi connectivity index (χ1n) is 2.00. The van der Waals surface area contributed by atoms with Gasteiger partial charge in [-0.1, -0.05) is 13.1 Å². The molecule has 0 saturated heterocycles. The molecule has 38 valence electrons. The molecule has 0 atom stereocenters. The smallest absolute Gasteiger partial charge is 0.229 e.